The molecule has 1 N–H and O–H groups in total. The molecule has 0 fully saturated rings. The first-order valence-corrected chi connectivity index (χ1v) is 8.69. The molecule has 0 aromatic heterocycles. The zero-order chi connectivity index (χ0) is 16.4. The Morgan fingerprint density at radius 2 is 1.61 bits per heavy atom. The third-order valence-electron chi connectivity index (χ3n) is 3.35. The van der Waals surface area contributed by atoms with Gasteiger partial charge in [-0.05, 0) is 30.3 Å². The van der Waals surface area contributed by atoms with Crippen LogP contribution in [0.3, 0.4) is 0 Å². The summed E-state index contributed by atoms with van der Waals surface area (Å²) < 4.78 is 20.9. The highest BCUT2D eigenvalue weighted by molar-refractivity contribution is 7.86. The van der Waals surface area contributed by atoms with E-state index in [1.165, 1.54) is 0 Å². The predicted octanol–water partition coefficient (Wildman–Crippen LogP) is 5.29. The molecule has 0 aliphatic heterocycles. The standard InChI is InChI=1S/C17H13Cl2NO2S/c1-22-17-7-3-4-14-15(17)5-2-6-16(14)20-23(21)13-9-11(18)8-12(19)10-13/h2-10,20H,1H3. The fourth-order valence-corrected chi connectivity index (χ4v) is 3.96. The van der Waals surface area contributed by atoms with Gasteiger partial charge in [-0.2, -0.15) is 0 Å². The Bertz CT molecular complexity index is 879. The number of hydrogen-bond acceptors (Lipinski definition) is 2. The number of benzene rings is 3. The summed E-state index contributed by atoms with van der Waals surface area (Å²) in [6, 6.07) is 16.3. The molecule has 0 saturated carbocycles. The lowest BCUT2D eigenvalue weighted by Crippen LogP contribution is -2.05. The van der Waals surface area contributed by atoms with Gasteiger partial charge in [0.15, 0.2) is 0 Å². The smallest absolute Gasteiger partial charge is 0.150 e. The third kappa shape index (κ3) is 3.44. The zero-order valence-electron chi connectivity index (χ0n) is 12.2. The fraction of sp³-hybridized carbons (Fsp3) is 0.0588. The highest BCUT2D eigenvalue weighted by Crippen LogP contribution is 2.31. The van der Waals surface area contributed by atoms with E-state index >= 15 is 0 Å². The Labute approximate surface area is 146 Å². The average molecular weight is 366 g/mol. The molecule has 0 amide bonds. The summed E-state index contributed by atoms with van der Waals surface area (Å²) in [5.41, 5.74) is 0.746. The van der Waals surface area contributed by atoms with Crippen LogP contribution in [0.4, 0.5) is 5.69 Å². The molecule has 3 rings (SSSR count). The maximum atomic E-state index is 12.6. The van der Waals surface area contributed by atoms with Crippen LogP contribution in [-0.2, 0) is 11.0 Å². The zero-order valence-corrected chi connectivity index (χ0v) is 14.5. The summed E-state index contributed by atoms with van der Waals surface area (Å²) in [7, 11) is 0.147. The predicted molar refractivity (Wildman–Crippen MR) is 97.0 cm³/mol. The normalized spacial score (nSPS) is 12.1. The maximum Gasteiger partial charge on any atom is 0.150 e. The molecule has 118 valence electrons. The first kappa shape index (κ1) is 16.1. The van der Waals surface area contributed by atoms with Gasteiger partial charge in [0, 0.05) is 20.8 Å². The van der Waals surface area contributed by atoms with Crippen molar-refractivity contribution in [3.63, 3.8) is 0 Å². The van der Waals surface area contributed by atoms with Crippen molar-refractivity contribution in [2.24, 2.45) is 0 Å². The van der Waals surface area contributed by atoms with E-state index in [1.807, 2.05) is 36.4 Å². The molecule has 0 aliphatic rings. The van der Waals surface area contributed by atoms with E-state index in [2.05, 4.69) is 4.72 Å². The van der Waals surface area contributed by atoms with Crippen molar-refractivity contribution >= 4 is 50.6 Å². The molecule has 0 aliphatic carbocycles. The van der Waals surface area contributed by atoms with Gasteiger partial charge in [-0.1, -0.05) is 47.5 Å². The molecule has 3 nitrogen and oxygen atoms in total. The minimum absolute atomic E-state index is 0.447. The van der Waals surface area contributed by atoms with E-state index in [1.54, 1.807) is 25.3 Å². The van der Waals surface area contributed by atoms with Crippen LogP contribution >= 0.6 is 23.2 Å². The van der Waals surface area contributed by atoms with Gasteiger partial charge in [0.05, 0.1) is 17.7 Å². The van der Waals surface area contributed by atoms with E-state index < -0.39 is 11.0 Å². The molecule has 0 radical (unpaired) electrons. The Morgan fingerprint density at radius 1 is 0.957 bits per heavy atom. The van der Waals surface area contributed by atoms with Gasteiger partial charge in [-0.3, -0.25) is 0 Å². The maximum absolute atomic E-state index is 12.6. The highest BCUT2D eigenvalue weighted by Gasteiger charge is 2.10. The van der Waals surface area contributed by atoms with Crippen molar-refractivity contribution in [1.82, 2.24) is 0 Å². The van der Waals surface area contributed by atoms with Gasteiger partial charge in [0.1, 0.15) is 16.7 Å². The van der Waals surface area contributed by atoms with Gasteiger partial charge >= 0.3 is 0 Å². The molecule has 0 bridgehead atoms. The number of rotatable bonds is 4. The minimum atomic E-state index is -1.48. The third-order valence-corrected chi connectivity index (χ3v) is 4.86. The van der Waals surface area contributed by atoms with Crippen LogP contribution in [0.2, 0.25) is 10.0 Å². The number of fused-ring (bicyclic) bond motifs is 1. The molecule has 23 heavy (non-hydrogen) atoms. The largest absolute Gasteiger partial charge is 0.496 e. The summed E-state index contributed by atoms with van der Waals surface area (Å²) in [5, 5.41) is 2.76. The molecular formula is C17H13Cl2NO2S. The van der Waals surface area contributed by atoms with Crippen LogP contribution in [0.5, 0.6) is 5.75 Å². The lowest BCUT2D eigenvalue weighted by Gasteiger charge is -2.12. The molecule has 0 spiro atoms. The number of halogens is 2. The fourth-order valence-electron chi connectivity index (χ4n) is 2.34. The average Bonchev–Trinajstić information content (AvgIpc) is 2.53. The van der Waals surface area contributed by atoms with Gasteiger partial charge in [-0.25, -0.2) is 4.21 Å². The lowest BCUT2D eigenvalue weighted by atomic mass is 10.1. The van der Waals surface area contributed by atoms with Crippen LogP contribution in [-0.4, -0.2) is 11.3 Å². The molecule has 6 heteroatoms. The van der Waals surface area contributed by atoms with Gasteiger partial charge in [0.25, 0.3) is 0 Å². The van der Waals surface area contributed by atoms with Gasteiger partial charge < -0.3 is 9.46 Å². The molecule has 0 heterocycles. The van der Waals surface area contributed by atoms with Crippen molar-refractivity contribution in [2.75, 3.05) is 11.8 Å². The molecule has 1 unspecified atom stereocenters. The van der Waals surface area contributed by atoms with Crippen molar-refractivity contribution in [1.29, 1.82) is 0 Å². The Kier molecular flexibility index (Phi) is 4.76. The van der Waals surface area contributed by atoms with Gasteiger partial charge in [-0.15, -0.1) is 0 Å². The monoisotopic (exact) mass is 365 g/mol. The van der Waals surface area contributed by atoms with Crippen LogP contribution < -0.4 is 9.46 Å². The van der Waals surface area contributed by atoms with Crippen molar-refractivity contribution < 1.29 is 8.95 Å². The van der Waals surface area contributed by atoms with Crippen LogP contribution in [0.1, 0.15) is 0 Å². The number of methoxy groups -OCH3 is 1. The molecule has 3 aromatic carbocycles. The van der Waals surface area contributed by atoms with E-state index in [0.29, 0.717) is 14.9 Å². The van der Waals surface area contributed by atoms with E-state index in [9.17, 15) is 4.21 Å². The number of anilines is 1. The molecule has 3 aromatic rings. The summed E-state index contributed by atoms with van der Waals surface area (Å²) >= 11 is 11.9. The Hall–Kier alpha value is -1.75. The molecule has 1 atom stereocenters. The van der Waals surface area contributed by atoms with E-state index in [0.717, 1.165) is 22.2 Å². The number of ether oxygens (including phenoxy) is 1. The number of nitrogens with one attached hydrogen (secondary N) is 1. The van der Waals surface area contributed by atoms with Gasteiger partial charge in [0.2, 0.25) is 0 Å². The Balaban J connectivity index is 2.00. The van der Waals surface area contributed by atoms with Crippen LogP contribution in [0, 0.1) is 0 Å². The second kappa shape index (κ2) is 6.79. The highest BCUT2D eigenvalue weighted by atomic mass is 35.5. The second-order valence-corrected chi connectivity index (χ2v) is 6.92. The van der Waals surface area contributed by atoms with E-state index in [4.69, 9.17) is 27.9 Å². The quantitative estimate of drug-likeness (QED) is 0.681. The van der Waals surface area contributed by atoms with Crippen molar-refractivity contribution in [3.05, 3.63) is 64.6 Å². The lowest BCUT2D eigenvalue weighted by molar-refractivity contribution is 0.420. The first-order chi connectivity index (χ1) is 11.1. The topological polar surface area (TPSA) is 38.3 Å². The summed E-state index contributed by atoms with van der Waals surface area (Å²) in [6.45, 7) is 0. The molecule has 0 saturated heterocycles. The number of hydrogen-bond donors (Lipinski definition) is 1. The summed E-state index contributed by atoms with van der Waals surface area (Å²) in [6.07, 6.45) is 0. The summed E-state index contributed by atoms with van der Waals surface area (Å²) in [5.74, 6) is 0.766. The van der Waals surface area contributed by atoms with Crippen LogP contribution in [0.25, 0.3) is 10.8 Å². The minimum Gasteiger partial charge on any atom is -0.496 e. The van der Waals surface area contributed by atoms with Crippen molar-refractivity contribution in [3.8, 4) is 5.75 Å². The van der Waals surface area contributed by atoms with E-state index in [-0.39, 0.29) is 0 Å². The van der Waals surface area contributed by atoms with Crippen LogP contribution in [0.15, 0.2) is 59.5 Å². The SMILES string of the molecule is COc1cccc2c(NS(=O)c3cc(Cl)cc(Cl)c3)cccc12. The first-order valence-electron chi connectivity index (χ1n) is 6.79. The molecular weight excluding hydrogens is 353 g/mol. The second-order valence-electron chi connectivity index (χ2n) is 4.84. The Morgan fingerprint density at radius 3 is 2.30 bits per heavy atom. The summed E-state index contributed by atoms with van der Waals surface area (Å²) in [4.78, 5) is 0.516. The van der Waals surface area contributed by atoms with Crippen molar-refractivity contribution in [2.45, 2.75) is 4.90 Å².